The zero-order valence-electron chi connectivity index (χ0n) is 22.6. The quantitative estimate of drug-likeness (QED) is 0.169. The zero-order chi connectivity index (χ0) is 27.8. The maximum atomic E-state index is 12.7. The summed E-state index contributed by atoms with van der Waals surface area (Å²) in [7, 11) is 1.43. The third-order valence-corrected chi connectivity index (χ3v) is 5.50. The topological polar surface area (TPSA) is 114 Å². The molecular weight excluding hydrogens is 472 g/mol. The number of carbonyl (C=O) groups is 3. The summed E-state index contributed by atoms with van der Waals surface area (Å²) in [5, 5.41) is 15.2. The summed E-state index contributed by atoms with van der Waals surface area (Å²) in [6.07, 6.45) is 15.5. The van der Waals surface area contributed by atoms with Crippen LogP contribution in [0.4, 0.5) is 0 Å². The number of aliphatic hydroxyl groups excluding tert-OH is 1. The number of rotatable bonds is 11. The normalized spacial score (nSPS) is 18.7. The number of cyclic esters (lactones) is 1. The molecule has 0 radical (unpaired) electrons. The van der Waals surface area contributed by atoms with Crippen LogP contribution in [0.15, 0.2) is 60.6 Å². The molecule has 0 aliphatic carbocycles. The maximum absolute atomic E-state index is 12.7. The van der Waals surface area contributed by atoms with Crippen molar-refractivity contribution in [2.75, 3.05) is 7.11 Å². The van der Waals surface area contributed by atoms with Gasteiger partial charge in [-0.15, -0.1) is 0 Å². The van der Waals surface area contributed by atoms with Gasteiger partial charge in [0.2, 0.25) is 11.8 Å². The van der Waals surface area contributed by atoms with E-state index in [1.54, 1.807) is 18.2 Å². The standard InChI is InChI=1S/C29H40N2O6/c1-7-8-15-22(32)16-13-20-30-27(34)26(29(3,4)5)31-25(33)17-12-10-9-11-14-21(2)23-18-19-24(36-6)28(35)37-23/h7-8,11-14,17,19-23,26,32H,15-16,18H2,1-6H3,(H,30,34)(H,31,33)/b8-7-,14-11+,17-12+,20-13-/t21-,22-,23-,26+/m0/s1. The van der Waals surface area contributed by atoms with Crippen LogP contribution in [0.25, 0.3) is 0 Å². The molecule has 0 saturated heterocycles. The number of aliphatic hydroxyl groups is 1. The van der Waals surface area contributed by atoms with Crippen LogP contribution in [-0.4, -0.2) is 48.2 Å². The molecule has 0 bridgehead atoms. The molecule has 8 heteroatoms. The summed E-state index contributed by atoms with van der Waals surface area (Å²) in [5.41, 5.74) is -0.529. The molecule has 1 rings (SSSR count). The lowest BCUT2D eigenvalue weighted by molar-refractivity contribution is -0.151. The Bertz CT molecular complexity index is 988. The molecule has 202 valence electrons. The van der Waals surface area contributed by atoms with Gasteiger partial charge in [-0.25, -0.2) is 4.79 Å². The number of hydrogen-bond donors (Lipinski definition) is 3. The molecule has 3 N–H and O–H groups in total. The van der Waals surface area contributed by atoms with Crippen LogP contribution >= 0.6 is 0 Å². The predicted molar refractivity (Wildman–Crippen MR) is 144 cm³/mol. The Balaban J connectivity index is 2.59. The van der Waals surface area contributed by atoms with Crippen LogP contribution in [0.5, 0.6) is 0 Å². The van der Waals surface area contributed by atoms with E-state index < -0.39 is 29.4 Å². The number of methoxy groups -OCH3 is 1. The molecular formula is C29H40N2O6. The lowest BCUT2D eigenvalue weighted by atomic mass is 9.86. The van der Waals surface area contributed by atoms with Crippen LogP contribution < -0.4 is 10.6 Å². The minimum atomic E-state index is -0.776. The van der Waals surface area contributed by atoms with E-state index in [-0.39, 0.29) is 23.7 Å². The minimum absolute atomic E-state index is 0.0447. The van der Waals surface area contributed by atoms with Crippen molar-refractivity contribution in [1.29, 1.82) is 0 Å². The molecule has 0 fully saturated rings. The van der Waals surface area contributed by atoms with Crippen molar-refractivity contribution in [2.45, 2.75) is 72.1 Å². The van der Waals surface area contributed by atoms with E-state index in [0.717, 1.165) is 0 Å². The van der Waals surface area contributed by atoms with Crippen molar-refractivity contribution in [3.63, 3.8) is 0 Å². The Morgan fingerprint density at radius 3 is 2.54 bits per heavy atom. The molecule has 0 aromatic heterocycles. The predicted octanol–water partition coefficient (Wildman–Crippen LogP) is 3.46. The summed E-state index contributed by atoms with van der Waals surface area (Å²) in [6.45, 7) is 9.37. The minimum Gasteiger partial charge on any atom is -0.490 e. The van der Waals surface area contributed by atoms with Gasteiger partial charge in [-0.1, -0.05) is 63.8 Å². The molecule has 0 aromatic rings. The van der Waals surface area contributed by atoms with Gasteiger partial charge >= 0.3 is 5.97 Å². The average Bonchev–Trinajstić information content (AvgIpc) is 2.84. The molecule has 0 aromatic carbocycles. The number of ether oxygens (including phenoxy) is 2. The van der Waals surface area contributed by atoms with Gasteiger partial charge in [-0.05, 0) is 49.6 Å². The SMILES string of the molecule is C/C=C\C[C@H](O)C/C=C\NC(=O)[C@@H](NC(=O)/C=C/C#C/C=C/[C@H](C)[C@@H]1CC=C(OC)C(=O)O1)C(C)(C)C. The summed E-state index contributed by atoms with van der Waals surface area (Å²) >= 11 is 0. The van der Waals surface area contributed by atoms with E-state index in [1.165, 1.54) is 25.5 Å². The fraction of sp³-hybridized carbons (Fsp3) is 0.483. The Hall–Kier alpha value is -3.57. The van der Waals surface area contributed by atoms with E-state index in [9.17, 15) is 19.5 Å². The second-order valence-electron chi connectivity index (χ2n) is 9.71. The highest BCUT2D eigenvalue weighted by molar-refractivity contribution is 5.93. The van der Waals surface area contributed by atoms with Crippen molar-refractivity contribution in [2.24, 2.45) is 11.3 Å². The number of carbonyl (C=O) groups excluding carboxylic acids is 3. The number of amides is 2. The summed E-state index contributed by atoms with van der Waals surface area (Å²) in [5.74, 6) is 4.46. The van der Waals surface area contributed by atoms with Crippen molar-refractivity contribution in [1.82, 2.24) is 10.6 Å². The monoisotopic (exact) mass is 512 g/mol. The number of hydrogen-bond acceptors (Lipinski definition) is 6. The van der Waals surface area contributed by atoms with Gasteiger partial charge in [-0.3, -0.25) is 9.59 Å². The van der Waals surface area contributed by atoms with Crippen LogP contribution in [0, 0.1) is 23.2 Å². The zero-order valence-corrected chi connectivity index (χ0v) is 22.6. The van der Waals surface area contributed by atoms with Crippen molar-refractivity contribution < 1.29 is 29.0 Å². The summed E-state index contributed by atoms with van der Waals surface area (Å²) < 4.78 is 10.3. The third-order valence-electron chi connectivity index (χ3n) is 5.50. The first-order valence-electron chi connectivity index (χ1n) is 12.3. The van der Waals surface area contributed by atoms with E-state index in [0.29, 0.717) is 19.3 Å². The molecule has 1 aliphatic rings. The maximum Gasteiger partial charge on any atom is 0.373 e. The first kappa shape index (κ1) is 31.5. The Labute approximate surface area is 220 Å². The molecule has 2 amide bonds. The largest absolute Gasteiger partial charge is 0.490 e. The van der Waals surface area contributed by atoms with Gasteiger partial charge in [0.1, 0.15) is 12.1 Å². The molecule has 1 heterocycles. The Morgan fingerprint density at radius 2 is 1.92 bits per heavy atom. The number of nitrogens with one attached hydrogen (secondary N) is 2. The van der Waals surface area contributed by atoms with Gasteiger partial charge in [0, 0.05) is 18.4 Å². The van der Waals surface area contributed by atoms with Gasteiger partial charge < -0.3 is 25.2 Å². The van der Waals surface area contributed by atoms with E-state index >= 15 is 0 Å². The highest BCUT2D eigenvalue weighted by Crippen LogP contribution is 2.21. The van der Waals surface area contributed by atoms with Crippen LogP contribution in [0.2, 0.25) is 0 Å². The molecule has 0 unspecified atom stereocenters. The highest BCUT2D eigenvalue weighted by Gasteiger charge is 2.32. The molecule has 1 aliphatic heterocycles. The molecule has 0 spiro atoms. The van der Waals surface area contributed by atoms with E-state index in [1.807, 2.05) is 52.8 Å². The molecule has 0 saturated carbocycles. The first-order chi connectivity index (χ1) is 17.5. The van der Waals surface area contributed by atoms with Crippen LogP contribution in [0.1, 0.15) is 53.9 Å². The van der Waals surface area contributed by atoms with Crippen molar-refractivity contribution in [3.05, 3.63) is 60.6 Å². The summed E-state index contributed by atoms with van der Waals surface area (Å²) in [4.78, 5) is 36.8. The number of allylic oxidation sites excluding steroid dienone is 3. The van der Waals surface area contributed by atoms with Gasteiger partial charge in [-0.2, -0.15) is 0 Å². The summed E-state index contributed by atoms with van der Waals surface area (Å²) in [6, 6.07) is -0.776. The van der Waals surface area contributed by atoms with Crippen molar-refractivity contribution in [3.8, 4) is 11.8 Å². The highest BCUT2D eigenvalue weighted by atomic mass is 16.6. The van der Waals surface area contributed by atoms with E-state index in [2.05, 4.69) is 22.5 Å². The molecule has 4 atom stereocenters. The smallest absolute Gasteiger partial charge is 0.373 e. The second kappa shape index (κ2) is 16.2. The van der Waals surface area contributed by atoms with Crippen molar-refractivity contribution >= 4 is 17.8 Å². The van der Waals surface area contributed by atoms with Gasteiger partial charge in [0.25, 0.3) is 0 Å². The fourth-order valence-corrected chi connectivity index (χ4v) is 3.28. The molecule has 37 heavy (non-hydrogen) atoms. The lowest BCUT2D eigenvalue weighted by Gasteiger charge is -2.29. The van der Waals surface area contributed by atoms with Crippen LogP contribution in [-0.2, 0) is 23.9 Å². The number of esters is 1. The molecule has 8 nitrogen and oxygen atoms in total. The van der Waals surface area contributed by atoms with Gasteiger partial charge in [0.15, 0.2) is 5.76 Å². The Kier molecular flexibility index (Phi) is 13.8. The van der Waals surface area contributed by atoms with Crippen LogP contribution in [0.3, 0.4) is 0 Å². The lowest BCUT2D eigenvalue weighted by Crippen LogP contribution is -2.52. The fourth-order valence-electron chi connectivity index (χ4n) is 3.28. The van der Waals surface area contributed by atoms with Gasteiger partial charge in [0.05, 0.1) is 13.2 Å². The first-order valence-corrected chi connectivity index (χ1v) is 12.3. The van der Waals surface area contributed by atoms with E-state index in [4.69, 9.17) is 9.47 Å². The second-order valence-corrected chi connectivity index (χ2v) is 9.71. The third kappa shape index (κ3) is 12.3. The Morgan fingerprint density at radius 1 is 1.24 bits per heavy atom. The average molecular weight is 513 g/mol.